The highest BCUT2D eigenvalue weighted by Gasteiger charge is 2.26. The highest BCUT2D eigenvalue weighted by Crippen LogP contribution is 2.19. The lowest BCUT2D eigenvalue weighted by molar-refractivity contribution is -0.00862. The fraction of sp³-hybridized carbons (Fsp3) is 0.545. The van der Waals surface area contributed by atoms with Crippen LogP contribution in [-0.2, 0) is 4.74 Å². The molecule has 0 radical (unpaired) electrons. The van der Waals surface area contributed by atoms with Crippen molar-refractivity contribution < 1.29 is 9.53 Å². The Bertz CT molecular complexity index is 361. The Morgan fingerprint density at radius 1 is 1.67 bits per heavy atom. The number of nitrogens with zero attached hydrogens (tertiary/aromatic N) is 1. The zero-order valence-electron chi connectivity index (χ0n) is 9.03. The predicted octanol–water partition coefficient (Wildman–Crippen LogP) is 1.57. The van der Waals surface area contributed by atoms with Gasteiger partial charge in [0.15, 0.2) is 5.78 Å². The van der Waals surface area contributed by atoms with Gasteiger partial charge in [0.05, 0.1) is 6.61 Å². The highest BCUT2D eigenvalue weighted by atomic mass is 32.1. The van der Waals surface area contributed by atoms with Crippen LogP contribution >= 0.6 is 11.3 Å². The van der Waals surface area contributed by atoms with Crippen molar-refractivity contribution in [2.24, 2.45) is 0 Å². The van der Waals surface area contributed by atoms with E-state index in [1.807, 2.05) is 25.4 Å². The minimum atomic E-state index is -0.281. The van der Waals surface area contributed by atoms with Gasteiger partial charge < -0.3 is 9.64 Å². The van der Waals surface area contributed by atoms with Gasteiger partial charge in [-0.3, -0.25) is 4.79 Å². The molecule has 1 atom stereocenters. The number of hydrogen-bond donors (Lipinski definition) is 0. The number of carbonyl (C=O) groups is 1. The van der Waals surface area contributed by atoms with Crippen LogP contribution in [0.3, 0.4) is 0 Å². The van der Waals surface area contributed by atoms with Crippen molar-refractivity contribution in [3.05, 3.63) is 21.9 Å². The fourth-order valence-corrected chi connectivity index (χ4v) is 2.45. The zero-order valence-corrected chi connectivity index (χ0v) is 9.84. The van der Waals surface area contributed by atoms with Gasteiger partial charge in [-0.1, -0.05) is 0 Å². The number of hydrogen-bond acceptors (Lipinski definition) is 4. The Labute approximate surface area is 93.7 Å². The molecule has 15 heavy (non-hydrogen) atoms. The molecule has 1 fully saturated rings. The van der Waals surface area contributed by atoms with Crippen LogP contribution < -0.4 is 0 Å². The number of ether oxygens (including phenoxy) is 1. The number of rotatable bonds is 2. The van der Waals surface area contributed by atoms with E-state index in [1.165, 1.54) is 0 Å². The monoisotopic (exact) mass is 225 g/mol. The average molecular weight is 225 g/mol. The number of aryl methyl sites for hydroxylation is 1. The first-order valence-corrected chi connectivity index (χ1v) is 5.95. The van der Waals surface area contributed by atoms with Gasteiger partial charge in [0.25, 0.3) is 0 Å². The molecule has 1 unspecified atom stereocenters. The van der Waals surface area contributed by atoms with E-state index in [9.17, 15) is 4.79 Å². The summed E-state index contributed by atoms with van der Waals surface area (Å²) in [5.41, 5.74) is 0.820. The van der Waals surface area contributed by atoms with E-state index in [-0.39, 0.29) is 11.9 Å². The molecule has 0 amide bonds. The van der Waals surface area contributed by atoms with Crippen LogP contribution in [0.1, 0.15) is 15.2 Å². The largest absolute Gasteiger partial charge is 0.367 e. The number of morpholine rings is 1. The standard InChI is InChI=1S/C11H15NO2S/c1-8-9(3-6-15-8)11(13)10-7-12(2)4-5-14-10/h3,6,10H,4-5,7H2,1-2H3. The molecule has 0 aliphatic carbocycles. The second-order valence-electron chi connectivity index (χ2n) is 3.88. The topological polar surface area (TPSA) is 29.5 Å². The summed E-state index contributed by atoms with van der Waals surface area (Å²) in [6.45, 7) is 4.24. The summed E-state index contributed by atoms with van der Waals surface area (Å²) in [6, 6.07) is 1.89. The lowest BCUT2D eigenvalue weighted by atomic mass is 10.1. The molecule has 4 heteroatoms. The second-order valence-corrected chi connectivity index (χ2v) is 5.00. The summed E-state index contributed by atoms with van der Waals surface area (Å²) >= 11 is 1.61. The van der Waals surface area contributed by atoms with Gasteiger partial charge >= 0.3 is 0 Å². The van der Waals surface area contributed by atoms with Crippen LogP contribution in [0.5, 0.6) is 0 Å². The van der Waals surface area contributed by atoms with Crippen LogP contribution in [-0.4, -0.2) is 43.5 Å². The van der Waals surface area contributed by atoms with Crippen molar-refractivity contribution >= 4 is 17.1 Å². The fourth-order valence-electron chi connectivity index (χ4n) is 1.75. The molecular weight excluding hydrogens is 210 g/mol. The maximum atomic E-state index is 12.1. The molecular formula is C11H15NO2S. The molecule has 1 aliphatic rings. The smallest absolute Gasteiger partial charge is 0.193 e. The number of thiophene rings is 1. The quantitative estimate of drug-likeness (QED) is 0.716. The Balaban J connectivity index is 2.11. The Kier molecular flexibility index (Phi) is 3.19. The molecule has 0 N–H and O–H groups in total. The Morgan fingerprint density at radius 2 is 2.47 bits per heavy atom. The molecule has 1 aromatic heterocycles. The first-order chi connectivity index (χ1) is 7.18. The van der Waals surface area contributed by atoms with Gasteiger partial charge in [-0.25, -0.2) is 0 Å². The van der Waals surface area contributed by atoms with Crippen LogP contribution in [0.15, 0.2) is 11.4 Å². The lowest BCUT2D eigenvalue weighted by Crippen LogP contribution is -2.44. The minimum absolute atomic E-state index is 0.125. The highest BCUT2D eigenvalue weighted by molar-refractivity contribution is 7.10. The Hall–Kier alpha value is -0.710. The molecule has 2 heterocycles. The second kappa shape index (κ2) is 4.43. The first kappa shape index (κ1) is 10.8. The van der Waals surface area contributed by atoms with Crippen molar-refractivity contribution in [2.45, 2.75) is 13.0 Å². The van der Waals surface area contributed by atoms with Crippen LogP contribution in [0.4, 0.5) is 0 Å². The van der Waals surface area contributed by atoms with Gasteiger partial charge in [0.2, 0.25) is 0 Å². The minimum Gasteiger partial charge on any atom is -0.367 e. The normalized spacial score (nSPS) is 22.9. The van der Waals surface area contributed by atoms with Crippen LogP contribution in [0.2, 0.25) is 0 Å². The summed E-state index contributed by atoms with van der Waals surface area (Å²) in [6.07, 6.45) is -0.281. The summed E-state index contributed by atoms with van der Waals surface area (Å²) in [7, 11) is 2.02. The number of Topliss-reactive ketones (excluding diaryl/α,β-unsaturated/α-hetero) is 1. The lowest BCUT2D eigenvalue weighted by Gasteiger charge is -2.29. The third kappa shape index (κ3) is 2.27. The van der Waals surface area contributed by atoms with Gasteiger partial charge in [-0.15, -0.1) is 11.3 Å². The average Bonchev–Trinajstić information content (AvgIpc) is 2.63. The molecule has 0 spiro atoms. The molecule has 1 saturated heterocycles. The van der Waals surface area contributed by atoms with E-state index >= 15 is 0 Å². The summed E-state index contributed by atoms with van der Waals surface area (Å²) in [5, 5.41) is 1.95. The number of ketones is 1. The third-order valence-corrected chi connectivity index (χ3v) is 3.53. The van der Waals surface area contributed by atoms with Crippen molar-refractivity contribution in [2.75, 3.05) is 26.7 Å². The van der Waals surface area contributed by atoms with E-state index < -0.39 is 0 Å². The third-order valence-electron chi connectivity index (χ3n) is 2.69. The predicted molar refractivity (Wildman–Crippen MR) is 60.6 cm³/mol. The van der Waals surface area contributed by atoms with E-state index in [1.54, 1.807) is 11.3 Å². The Morgan fingerprint density at radius 3 is 3.07 bits per heavy atom. The molecule has 0 saturated carbocycles. The van der Waals surface area contributed by atoms with E-state index in [0.717, 1.165) is 17.0 Å². The number of likely N-dealkylation sites (N-methyl/N-ethyl adjacent to an activating group) is 1. The summed E-state index contributed by atoms with van der Waals surface area (Å²) < 4.78 is 5.50. The molecule has 2 rings (SSSR count). The molecule has 0 bridgehead atoms. The van der Waals surface area contributed by atoms with E-state index in [4.69, 9.17) is 4.74 Å². The van der Waals surface area contributed by atoms with Crippen molar-refractivity contribution in [3.8, 4) is 0 Å². The first-order valence-electron chi connectivity index (χ1n) is 5.07. The zero-order chi connectivity index (χ0) is 10.8. The van der Waals surface area contributed by atoms with Gasteiger partial charge in [0.1, 0.15) is 6.10 Å². The van der Waals surface area contributed by atoms with E-state index in [0.29, 0.717) is 13.2 Å². The molecule has 1 aromatic rings. The maximum Gasteiger partial charge on any atom is 0.193 e. The van der Waals surface area contributed by atoms with Crippen LogP contribution in [0.25, 0.3) is 0 Å². The number of carbonyl (C=O) groups excluding carboxylic acids is 1. The van der Waals surface area contributed by atoms with Crippen molar-refractivity contribution in [3.63, 3.8) is 0 Å². The van der Waals surface area contributed by atoms with Crippen molar-refractivity contribution in [1.29, 1.82) is 0 Å². The van der Waals surface area contributed by atoms with Crippen LogP contribution in [0, 0.1) is 6.92 Å². The van der Waals surface area contributed by atoms with E-state index in [2.05, 4.69) is 4.90 Å². The van der Waals surface area contributed by atoms with Gasteiger partial charge in [0, 0.05) is 23.5 Å². The van der Waals surface area contributed by atoms with Gasteiger partial charge in [-0.2, -0.15) is 0 Å². The summed E-state index contributed by atoms with van der Waals surface area (Å²) in [5.74, 6) is 0.125. The SMILES string of the molecule is Cc1sccc1C(=O)C1CN(C)CCO1. The molecule has 82 valence electrons. The van der Waals surface area contributed by atoms with Crippen molar-refractivity contribution in [1.82, 2.24) is 4.90 Å². The molecule has 1 aliphatic heterocycles. The maximum absolute atomic E-state index is 12.1. The molecule has 0 aromatic carbocycles. The summed E-state index contributed by atoms with van der Waals surface area (Å²) in [4.78, 5) is 15.3. The molecule has 3 nitrogen and oxygen atoms in total. The van der Waals surface area contributed by atoms with Gasteiger partial charge in [-0.05, 0) is 25.4 Å².